The van der Waals surface area contributed by atoms with Crippen molar-refractivity contribution in [2.45, 2.75) is 82.3 Å². The molecule has 25 heteroatoms. The zero-order valence-electron chi connectivity index (χ0n) is 44.3. The number of hydrogen-bond donors (Lipinski definition) is 9. The van der Waals surface area contributed by atoms with Gasteiger partial charge in [-0.1, -0.05) is 24.3 Å². The van der Waals surface area contributed by atoms with Crippen molar-refractivity contribution in [1.29, 1.82) is 0 Å². The van der Waals surface area contributed by atoms with Crippen LogP contribution in [-0.2, 0) is 51.0 Å². The number of nitrogens with two attached hydrogens (primary N) is 1. The number of aliphatic hydroxyl groups excluding tert-OH is 2. The molecule has 2 aliphatic carbocycles. The number of aromatic nitrogens is 1. The lowest BCUT2D eigenvalue weighted by molar-refractivity contribution is -0.245. The van der Waals surface area contributed by atoms with E-state index in [1.54, 1.807) is 19.1 Å². The fourth-order valence-electron chi connectivity index (χ4n) is 9.75. The minimum absolute atomic E-state index is 0.0360. The van der Waals surface area contributed by atoms with Gasteiger partial charge in [-0.05, 0) is 55.3 Å². The van der Waals surface area contributed by atoms with Gasteiger partial charge in [0, 0.05) is 48.5 Å². The number of oxazole rings is 1. The van der Waals surface area contributed by atoms with E-state index in [-0.39, 0.29) is 131 Å². The van der Waals surface area contributed by atoms with E-state index >= 15 is 0 Å². The number of fused-ring (bicyclic) bond motifs is 4. The van der Waals surface area contributed by atoms with Crippen molar-refractivity contribution in [1.82, 2.24) is 15.3 Å². The minimum atomic E-state index is -2.20. The lowest BCUT2D eigenvalue weighted by atomic mass is 9.71. The first-order valence-corrected chi connectivity index (χ1v) is 25.9. The molecule has 2 heterocycles. The summed E-state index contributed by atoms with van der Waals surface area (Å²) in [6.07, 6.45) is -5.62. The number of nitrogens with one attached hydrogen (secondary N) is 2. The molecule has 10 N–H and O–H groups in total. The number of amides is 2. The van der Waals surface area contributed by atoms with Crippen LogP contribution in [-0.4, -0.2) is 174 Å². The number of ketones is 2. The predicted molar refractivity (Wildman–Crippen MR) is 281 cm³/mol. The molecule has 5 aromatic rings. The number of hydrazone groups is 1. The number of rotatable bonds is 26. The lowest BCUT2D eigenvalue weighted by Gasteiger charge is -2.43. The Morgan fingerprint density at radius 1 is 0.863 bits per heavy atom. The van der Waals surface area contributed by atoms with Gasteiger partial charge in [0.2, 0.25) is 11.7 Å². The first-order valence-electron chi connectivity index (χ1n) is 25.9. The van der Waals surface area contributed by atoms with Gasteiger partial charge < -0.3 is 84.0 Å². The van der Waals surface area contributed by atoms with Crippen molar-refractivity contribution >= 4 is 40.2 Å². The van der Waals surface area contributed by atoms with E-state index in [1.165, 1.54) is 42.0 Å². The van der Waals surface area contributed by atoms with Gasteiger partial charge in [0.15, 0.2) is 35.8 Å². The minimum Gasteiger partial charge on any atom is -0.507 e. The van der Waals surface area contributed by atoms with Gasteiger partial charge in [-0.3, -0.25) is 23.7 Å². The molecule has 1 saturated heterocycles. The van der Waals surface area contributed by atoms with Gasteiger partial charge in [-0.2, -0.15) is 5.10 Å². The number of aryl methyl sites for hydroxylation is 1. The van der Waals surface area contributed by atoms with Crippen molar-refractivity contribution in [3.05, 3.63) is 110 Å². The second-order valence-electron chi connectivity index (χ2n) is 19.4. The summed E-state index contributed by atoms with van der Waals surface area (Å²) < 4.78 is 51.7. The molecule has 430 valence electrons. The Kier molecular flexibility index (Phi) is 19.4. The molecule has 0 radical (unpaired) electrons. The molecular weight excluding hydrogens is 1050 g/mol. The second kappa shape index (κ2) is 26.3. The summed E-state index contributed by atoms with van der Waals surface area (Å²) in [5.41, 5.74) is 7.05. The van der Waals surface area contributed by atoms with E-state index in [9.17, 15) is 54.6 Å². The quantitative estimate of drug-likeness (QED) is 0.0161. The highest BCUT2D eigenvalue weighted by atomic mass is 16.7. The van der Waals surface area contributed by atoms with Gasteiger partial charge in [0.1, 0.15) is 22.8 Å². The van der Waals surface area contributed by atoms with Crippen LogP contribution in [0, 0.1) is 6.92 Å². The Morgan fingerprint density at radius 3 is 2.25 bits per heavy atom. The zero-order valence-corrected chi connectivity index (χ0v) is 44.3. The van der Waals surface area contributed by atoms with E-state index < -0.39 is 107 Å². The number of aliphatic hydroxyl groups is 3. The maximum absolute atomic E-state index is 14.1. The van der Waals surface area contributed by atoms with Gasteiger partial charge in [0.05, 0.1) is 126 Å². The van der Waals surface area contributed by atoms with Crippen molar-refractivity contribution in [3.63, 3.8) is 0 Å². The third kappa shape index (κ3) is 13.3. The molecule has 0 bridgehead atoms. The first kappa shape index (κ1) is 58.8. The van der Waals surface area contributed by atoms with E-state index in [2.05, 4.69) is 15.8 Å². The molecule has 2 amide bonds. The standard InChI is InChI=1S/C55H65N5O20/c1-29-7-9-37-35(21-29)60(54(70)80-37)26-31-8-10-38(36(62)22-31)77-28-43(64)57-12-14-74-16-18-76-20-19-75-17-15-73-13-11-42(63)59-58-41(27-61)55(71)24-33-46(40(25-55)79-44-23-34(56)49(65)30(2)78-44)53(69)48-47(51(33)67)50(66)32-5-4-6-39(72-3)45(32)52(48)68/h4-10,21-22,30,34,40,44,49,61-62,65,67,69,71H,11-20,23-28,56H2,1-3H3,(H,57,64)(H,59,63)/b58-41+/t30-,34-,40-,44?,49+,55-/m0/s1. The third-order valence-electron chi connectivity index (χ3n) is 13.8. The summed E-state index contributed by atoms with van der Waals surface area (Å²) in [6.45, 7) is 4.15. The number of carbonyl (C=O) groups excluding carboxylic acids is 4. The maximum Gasteiger partial charge on any atom is 0.420 e. The Hall–Kier alpha value is -7.30. The van der Waals surface area contributed by atoms with Crippen LogP contribution in [0.4, 0.5) is 0 Å². The van der Waals surface area contributed by atoms with Crippen LogP contribution in [0.15, 0.2) is 68.9 Å². The molecule has 25 nitrogen and oxygen atoms in total. The number of hydrogen-bond acceptors (Lipinski definition) is 22. The molecular formula is C55H65N5O20. The highest BCUT2D eigenvalue weighted by molar-refractivity contribution is 6.31. The molecule has 3 aliphatic rings. The fourth-order valence-corrected chi connectivity index (χ4v) is 9.75. The van der Waals surface area contributed by atoms with Crippen LogP contribution in [0.25, 0.3) is 11.1 Å². The molecule has 1 fully saturated rings. The van der Waals surface area contributed by atoms with Crippen LogP contribution >= 0.6 is 0 Å². The second-order valence-corrected chi connectivity index (χ2v) is 19.4. The molecule has 0 spiro atoms. The average molecular weight is 1120 g/mol. The molecule has 1 unspecified atom stereocenters. The smallest absolute Gasteiger partial charge is 0.420 e. The summed E-state index contributed by atoms with van der Waals surface area (Å²) in [6, 6.07) is 13.6. The van der Waals surface area contributed by atoms with Crippen molar-refractivity contribution < 1.29 is 92.1 Å². The van der Waals surface area contributed by atoms with Crippen molar-refractivity contribution in [3.8, 4) is 28.7 Å². The van der Waals surface area contributed by atoms with E-state index in [0.29, 0.717) is 16.7 Å². The van der Waals surface area contributed by atoms with Crippen LogP contribution < -0.4 is 31.7 Å². The largest absolute Gasteiger partial charge is 0.507 e. The maximum atomic E-state index is 14.1. The third-order valence-corrected chi connectivity index (χ3v) is 13.8. The molecule has 1 aliphatic heterocycles. The van der Waals surface area contributed by atoms with E-state index in [0.717, 1.165) is 5.56 Å². The number of phenols is 3. The Morgan fingerprint density at radius 2 is 1.56 bits per heavy atom. The normalized spacial score (nSPS) is 20.7. The summed E-state index contributed by atoms with van der Waals surface area (Å²) in [4.78, 5) is 65.6. The molecule has 80 heavy (non-hydrogen) atoms. The summed E-state index contributed by atoms with van der Waals surface area (Å²) in [7, 11) is 1.31. The number of aromatic hydroxyl groups is 3. The Bertz CT molecular complexity index is 3160. The molecule has 8 rings (SSSR count). The Balaban J connectivity index is 0.722. The number of carbonyl (C=O) groups is 4. The van der Waals surface area contributed by atoms with Crippen LogP contribution in [0.1, 0.15) is 86.4 Å². The topological polar surface area (TPSA) is 361 Å². The van der Waals surface area contributed by atoms with Gasteiger partial charge in [-0.25, -0.2) is 10.2 Å². The highest BCUT2D eigenvalue weighted by Gasteiger charge is 2.50. The van der Waals surface area contributed by atoms with Crippen LogP contribution in [0.2, 0.25) is 0 Å². The molecule has 6 atom stereocenters. The number of methoxy groups -OCH3 is 1. The van der Waals surface area contributed by atoms with Crippen LogP contribution in [0.5, 0.6) is 28.7 Å². The first-order chi connectivity index (χ1) is 38.4. The monoisotopic (exact) mass is 1120 g/mol. The molecule has 1 aromatic heterocycles. The zero-order chi connectivity index (χ0) is 57.3. The van der Waals surface area contributed by atoms with E-state index in [1.807, 2.05) is 19.1 Å². The summed E-state index contributed by atoms with van der Waals surface area (Å²) >= 11 is 0. The number of benzene rings is 4. The van der Waals surface area contributed by atoms with Gasteiger partial charge >= 0.3 is 5.76 Å². The number of phenolic OH excluding ortho intramolecular Hbond substituents is 3. The van der Waals surface area contributed by atoms with Crippen molar-refractivity contribution in [2.24, 2.45) is 10.8 Å². The highest BCUT2D eigenvalue weighted by Crippen LogP contribution is 2.52. The summed E-state index contributed by atoms with van der Waals surface area (Å²) in [5, 5.41) is 74.2. The molecule has 0 saturated carbocycles. The van der Waals surface area contributed by atoms with Crippen LogP contribution in [0.3, 0.4) is 0 Å². The average Bonchev–Trinajstić information content (AvgIpc) is 3.90. The number of ether oxygens (including phenoxy) is 8. The summed E-state index contributed by atoms with van der Waals surface area (Å²) in [5.74, 6) is -4.63. The lowest BCUT2D eigenvalue weighted by Crippen LogP contribution is -2.53. The fraction of sp³-hybridized carbons (Fsp3) is 0.455. The Labute approximate surface area is 457 Å². The van der Waals surface area contributed by atoms with Gasteiger partial charge in [0.25, 0.3) is 5.91 Å². The SMILES string of the molecule is COc1cccc2c1C(=O)c1c(O)c3c(c(O)c1C2=O)C[C@@](O)(/C(CO)=N/NC(=O)CCOCCOCCOCCOCCNC(=O)COc1ccc(Cn2c(=O)oc4ccc(C)cc42)cc1O)C[C@@H]3OC1C[C@H](N)[C@H](O)[C@H](C)O1. The van der Waals surface area contributed by atoms with E-state index in [4.69, 9.17) is 48.0 Å². The predicted octanol–water partition coefficient (Wildman–Crippen LogP) is 1.53. The number of nitrogens with zero attached hydrogens (tertiary/aromatic N) is 2. The van der Waals surface area contributed by atoms with Crippen molar-refractivity contribution in [2.75, 3.05) is 79.7 Å². The van der Waals surface area contributed by atoms with Gasteiger partial charge in [-0.15, -0.1) is 0 Å². The molecule has 4 aromatic carbocycles.